The zero-order valence-corrected chi connectivity index (χ0v) is 11.0. The highest BCUT2D eigenvalue weighted by Crippen LogP contribution is 2.11. The molecular formula is C16H15N3O. The minimum atomic E-state index is -0.172. The first kappa shape index (κ1) is 13.8. The van der Waals surface area contributed by atoms with Crippen molar-refractivity contribution in [3.05, 3.63) is 65.2 Å². The van der Waals surface area contributed by atoms with Crippen molar-refractivity contribution in [2.24, 2.45) is 5.73 Å². The smallest absolute Gasteiger partial charge is 0.255 e. The van der Waals surface area contributed by atoms with E-state index in [4.69, 9.17) is 11.0 Å². The highest BCUT2D eigenvalue weighted by Gasteiger charge is 2.05. The lowest BCUT2D eigenvalue weighted by molar-refractivity contribution is 0.102. The molecule has 3 N–H and O–H groups in total. The van der Waals surface area contributed by atoms with E-state index in [-0.39, 0.29) is 5.91 Å². The Kier molecular flexibility index (Phi) is 4.48. The SMILES string of the molecule is N#Cc1ccc(NC(=O)c2ccc(CCN)cc2)cc1. The first-order chi connectivity index (χ1) is 9.72. The van der Waals surface area contributed by atoms with E-state index in [1.54, 1.807) is 36.4 Å². The van der Waals surface area contributed by atoms with E-state index in [1.165, 1.54) is 0 Å². The molecule has 0 spiro atoms. The summed E-state index contributed by atoms with van der Waals surface area (Å²) in [6, 6.07) is 16.2. The van der Waals surface area contributed by atoms with E-state index in [0.29, 0.717) is 23.4 Å². The molecular weight excluding hydrogens is 250 g/mol. The summed E-state index contributed by atoms with van der Waals surface area (Å²) in [6.07, 6.45) is 0.803. The van der Waals surface area contributed by atoms with Crippen molar-refractivity contribution >= 4 is 11.6 Å². The molecule has 0 aliphatic heterocycles. The summed E-state index contributed by atoms with van der Waals surface area (Å²) < 4.78 is 0. The van der Waals surface area contributed by atoms with Crippen molar-refractivity contribution in [3.63, 3.8) is 0 Å². The number of hydrogen-bond donors (Lipinski definition) is 2. The van der Waals surface area contributed by atoms with Gasteiger partial charge in [0.15, 0.2) is 0 Å². The highest BCUT2D eigenvalue weighted by atomic mass is 16.1. The van der Waals surface area contributed by atoms with Gasteiger partial charge in [-0.05, 0) is 54.9 Å². The fourth-order valence-electron chi connectivity index (χ4n) is 1.82. The van der Waals surface area contributed by atoms with Gasteiger partial charge in [0.25, 0.3) is 5.91 Å². The number of nitrogens with two attached hydrogens (primary N) is 1. The van der Waals surface area contributed by atoms with Crippen molar-refractivity contribution in [1.29, 1.82) is 5.26 Å². The highest BCUT2D eigenvalue weighted by molar-refractivity contribution is 6.04. The predicted octanol–water partition coefficient (Wildman–Crippen LogP) is 2.31. The average molecular weight is 265 g/mol. The van der Waals surface area contributed by atoms with Crippen LogP contribution in [0.4, 0.5) is 5.69 Å². The lowest BCUT2D eigenvalue weighted by Gasteiger charge is -2.06. The molecule has 0 atom stereocenters. The molecule has 0 aliphatic rings. The Morgan fingerprint density at radius 2 is 1.75 bits per heavy atom. The molecule has 0 unspecified atom stereocenters. The van der Waals surface area contributed by atoms with Gasteiger partial charge in [-0.25, -0.2) is 0 Å². The Hall–Kier alpha value is -2.64. The van der Waals surface area contributed by atoms with E-state index in [1.807, 2.05) is 18.2 Å². The molecule has 2 rings (SSSR count). The molecule has 0 saturated carbocycles. The van der Waals surface area contributed by atoms with Gasteiger partial charge in [0.1, 0.15) is 0 Å². The molecule has 0 radical (unpaired) electrons. The number of carbonyl (C=O) groups excluding carboxylic acids is 1. The van der Waals surface area contributed by atoms with E-state index in [2.05, 4.69) is 5.32 Å². The second-order valence-corrected chi connectivity index (χ2v) is 4.38. The maximum Gasteiger partial charge on any atom is 0.255 e. The normalized spacial score (nSPS) is 9.80. The van der Waals surface area contributed by atoms with Crippen LogP contribution >= 0.6 is 0 Å². The largest absolute Gasteiger partial charge is 0.330 e. The van der Waals surface area contributed by atoms with Gasteiger partial charge in [0.2, 0.25) is 0 Å². The summed E-state index contributed by atoms with van der Waals surface area (Å²) >= 11 is 0. The Morgan fingerprint density at radius 3 is 2.30 bits per heavy atom. The Labute approximate surface area is 117 Å². The number of rotatable bonds is 4. The number of anilines is 1. The third-order valence-electron chi connectivity index (χ3n) is 2.92. The molecule has 0 fully saturated rings. The number of nitriles is 1. The third kappa shape index (κ3) is 3.44. The molecule has 20 heavy (non-hydrogen) atoms. The summed E-state index contributed by atoms with van der Waals surface area (Å²) in [5.41, 5.74) is 8.42. The zero-order valence-electron chi connectivity index (χ0n) is 11.0. The molecule has 0 bridgehead atoms. The zero-order chi connectivity index (χ0) is 14.4. The van der Waals surface area contributed by atoms with Gasteiger partial charge in [-0.15, -0.1) is 0 Å². The number of benzene rings is 2. The van der Waals surface area contributed by atoms with Crippen molar-refractivity contribution in [2.75, 3.05) is 11.9 Å². The third-order valence-corrected chi connectivity index (χ3v) is 2.92. The van der Waals surface area contributed by atoms with Crippen LogP contribution in [0.5, 0.6) is 0 Å². The van der Waals surface area contributed by atoms with Gasteiger partial charge in [0.05, 0.1) is 11.6 Å². The van der Waals surface area contributed by atoms with Crippen LogP contribution in [0.2, 0.25) is 0 Å². The van der Waals surface area contributed by atoms with E-state index in [0.717, 1.165) is 12.0 Å². The molecule has 2 aromatic rings. The molecule has 0 saturated heterocycles. The van der Waals surface area contributed by atoms with E-state index in [9.17, 15) is 4.79 Å². The van der Waals surface area contributed by atoms with Crippen molar-refractivity contribution in [3.8, 4) is 6.07 Å². The Morgan fingerprint density at radius 1 is 1.10 bits per heavy atom. The standard InChI is InChI=1S/C16H15N3O/c17-10-9-12-1-5-14(6-2-12)16(20)19-15-7-3-13(11-18)4-8-15/h1-8H,9-10,17H2,(H,19,20). The second kappa shape index (κ2) is 6.50. The molecule has 1 amide bonds. The fourth-order valence-corrected chi connectivity index (χ4v) is 1.82. The Bertz CT molecular complexity index is 624. The predicted molar refractivity (Wildman–Crippen MR) is 78.3 cm³/mol. The van der Waals surface area contributed by atoms with Gasteiger partial charge in [0, 0.05) is 11.3 Å². The first-order valence-corrected chi connectivity index (χ1v) is 6.33. The molecule has 0 heterocycles. The van der Waals surface area contributed by atoms with E-state index < -0.39 is 0 Å². The molecule has 100 valence electrons. The van der Waals surface area contributed by atoms with Crippen molar-refractivity contribution < 1.29 is 4.79 Å². The quantitative estimate of drug-likeness (QED) is 0.890. The van der Waals surface area contributed by atoms with Crippen LogP contribution < -0.4 is 11.1 Å². The summed E-state index contributed by atoms with van der Waals surface area (Å²) in [4.78, 5) is 12.0. The maximum absolute atomic E-state index is 12.0. The lowest BCUT2D eigenvalue weighted by atomic mass is 10.1. The average Bonchev–Trinajstić information content (AvgIpc) is 2.49. The van der Waals surface area contributed by atoms with Gasteiger partial charge in [-0.1, -0.05) is 12.1 Å². The second-order valence-electron chi connectivity index (χ2n) is 4.38. The van der Waals surface area contributed by atoms with Crippen LogP contribution in [0.3, 0.4) is 0 Å². The summed E-state index contributed by atoms with van der Waals surface area (Å²) in [5, 5.41) is 11.5. The van der Waals surface area contributed by atoms with Gasteiger partial charge >= 0.3 is 0 Å². The number of nitrogens with zero attached hydrogens (tertiary/aromatic N) is 1. The fraction of sp³-hybridized carbons (Fsp3) is 0.125. The van der Waals surface area contributed by atoms with Crippen LogP contribution in [-0.4, -0.2) is 12.5 Å². The Balaban J connectivity index is 2.05. The molecule has 0 aliphatic carbocycles. The topological polar surface area (TPSA) is 78.9 Å². The molecule has 2 aromatic carbocycles. The lowest BCUT2D eigenvalue weighted by Crippen LogP contribution is -2.12. The summed E-state index contributed by atoms with van der Waals surface area (Å²) in [6.45, 7) is 0.594. The summed E-state index contributed by atoms with van der Waals surface area (Å²) in [7, 11) is 0. The van der Waals surface area contributed by atoms with Crippen LogP contribution in [0.1, 0.15) is 21.5 Å². The van der Waals surface area contributed by atoms with E-state index >= 15 is 0 Å². The molecule has 4 heteroatoms. The number of hydrogen-bond acceptors (Lipinski definition) is 3. The monoisotopic (exact) mass is 265 g/mol. The van der Waals surface area contributed by atoms with Gasteiger partial charge < -0.3 is 11.1 Å². The minimum Gasteiger partial charge on any atom is -0.330 e. The van der Waals surface area contributed by atoms with Crippen LogP contribution in [0.25, 0.3) is 0 Å². The van der Waals surface area contributed by atoms with Gasteiger partial charge in [-0.3, -0.25) is 4.79 Å². The number of carbonyl (C=O) groups is 1. The maximum atomic E-state index is 12.0. The van der Waals surface area contributed by atoms with Crippen molar-refractivity contribution in [2.45, 2.75) is 6.42 Å². The van der Waals surface area contributed by atoms with Crippen LogP contribution in [0, 0.1) is 11.3 Å². The molecule has 4 nitrogen and oxygen atoms in total. The van der Waals surface area contributed by atoms with Crippen LogP contribution in [0.15, 0.2) is 48.5 Å². The number of amides is 1. The minimum absolute atomic E-state index is 0.172. The van der Waals surface area contributed by atoms with Crippen LogP contribution in [-0.2, 0) is 6.42 Å². The first-order valence-electron chi connectivity index (χ1n) is 6.33. The van der Waals surface area contributed by atoms with Crippen molar-refractivity contribution in [1.82, 2.24) is 0 Å². The number of nitrogens with one attached hydrogen (secondary N) is 1. The molecule has 0 aromatic heterocycles. The van der Waals surface area contributed by atoms with Gasteiger partial charge in [-0.2, -0.15) is 5.26 Å². The summed E-state index contributed by atoms with van der Waals surface area (Å²) in [5.74, 6) is -0.172.